The summed E-state index contributed by atoms with van der Waals surface area (Å²) in [5.41, 5.74) is 5.86. The number of rotatable bonds is 4. The van der Waals surface area contributed by atoms with E-state index in [1.807, 2.05) is 30.5 Å². The molecule has 0 unspecified atom stereocenters. The quantitative estimate of drug-likeness (QED) is 0.770. The Morgan fingerprint density at radius 3 is 2.67 bits per heavy atom. The van der Waals surface area contributed by atoms with E-state index in [1.165, 1.54) is 17.7 Å². The smallest absolute Gasteiger partial charge is 0.156 e. The Kier molecular flexibility index (Phi) is 4.76. The molecule has 5 nitrogen and oxygen atoms in total. The van der Waals surface area contributed by atoms with E-state index in [2.05, 4.69) is 16.0 Å². The number of aliphatic hydroxyl groups is 1. The van der Waals surface area contributed by atoms with Crippen LogP contribution in [0.1, 0.15) is 35.2 Å². The van der Waals surface area contributed by atoms with Gasteiger partial charge in [-0.15, -0.1) is 0 Å². The maximum Gasteiger partial charge on any atom is 0.156 e. The van der Waals surface area contributed by atoms with Gasteiger partial charge < -0.3 is 5.11 Å². The minimum absolute atomic E-state index is 0.288. The van der Waals surface area contributed by atoms with Gasteiger partial charge >= 0.3 is 0 Å². The molecule has 0 amide bonds. The van der Waals surface area contributed by atoms with Gasteiger partial charge in [-0.2, -0.15) is 5.10 Å². The molecular formula is C21H23FN4O. The molecule has 0 saturated heterocycles. The first kappa shape index (κ1) is 17.8. The third-order valence-electron chi connectivity index (χ3n) is 5.04. The van der Waals surface area contributed by atoms with Crippen molar-refractivity contribution in [1.29, 1.82) is 0 Å². The molecule has 0 spiro atoms. The van der Waals surface area contributed by atoms with Crippen molar-refractivity contribution in [3.63, 3.8) is 0 Å². The van der Waals surface area contributed by atoms with Crippen LogP contribution in [0.2, 0.25) is 0 Å². The Bertz CT molecular complexity index is 993. The van der Waals surface area contributed by atoms with E-state index in [-0.39, 0.29) is 5.82 Å². The third kappa shape index (κ3) is 3.77. The molecule has 4 rings (SSSR count). The molecule has 3 aromatic rings. The Balaban J connectivity index is 1.45. The Morgan fingerprint density at radius 1 is 1.19 bits per heavy atom. The van der Waals surface area contributed by atoms with Gasteiger partial charge in [0.15, 0.2) is 5.65 Å². The predicted molar refractivity (Wildman–Crippen MR) is 103 cm³/mol. The maximum absolute atomic E-state index is 13.0. The standard InChI is InChI=1S/C21H23FN4O/c1-14-11-15(2)26-21(23-14)12-19(24-26)16-7-9-25(10-8-16)13-20(27)17-3-5-18(22)6-4-17/h3-7,11-12,20,27H,8-10,13H2,1-2H3/t20-/m1/s1. The molecule has 1 aliphatic heterocycles. The highest BCUT2D eigenvalue weighted by Gasteiger charge is 2.19. The van der Waals surface area contributed by atoms with Gasteiger partial charge in [0.25, 0.3) is 0 Å². The lowest BCUT2D eigenvalue weighted by Crippen LogP contribution is -2.32. The molecule has 6 heteroatoms. The molecule has 1 aliphatic rings. The number of benzene rings is 1. The van der Waals surface area contributed by atoms with E-state index in [9.17, 15) is 9.50 Å². The molecule has 0 bridgehead atoms. The van der Waals surface area contributed by atoms with Crippen LogP contribution in [-0.2, 0) is 0 Å². The lowest BCUT2D eigenvalue weighted by Gasteiger charge is -2.28. The summed E-state index contributed by atoms with van der Waals surface area (Å²) in [6.45, 7) is 6.16. The fourth-order valence-corrected chi connectivity index (χ4v) is 3.59. The Hall–Kier alpha value is -2.57. The molecule has 0 radical (unpaired) electrons. The zero-order valence-corrected chi connectivity index (χ0v) is 15.6. The molecule has 27 heavy (non-hydrogen) atoms. The second-order valence-corrected chi connectivity index (χ2v) is 7.14. The molecule has 0 fully saturated rings. The first-order valence-electron chi connectivity index (χ1n) is 9.19. The highest BCUT2D eigenvalue weighted by molar-refractivity contribution is 5.67. The van der Waals surface area contributed by atoms with Crippen LogP contribution in [0.3, 0.4) is 0 Å². The second-order valence-electron chi connectivity index (χ2n) is 7.14. The number of fused-ring (bicyclic) bond motifs is 1. The van der Waals surface area contributed by atoms with Gasteiger partial charge in [-0.3, -0.25) is 4.90 Å². The van der Waals surface area contributed by atoms with Gasteiger partial charge in [0, 0.05) is 37.1 Å². The highest BCUT2D eigenvalue weighted by Crippen LogP contribution is 2.24. The number of nitrogens with zero attached hydrogens (tertiary/aromatic N) is 4. The number of β-amino-alcohol motifs (C(OH)–C–C–N with tert-alkyl or cyclic N) is 1. The van der Waals surface area contributed by atoms with Crippen molar-refractivity contribution in [2.45, 2.75) is 26.4 Å². The summed E-state index contributed by atoms with van der Waals surface area (Å²) < 4.78 is 14.9. The number of hydrogen-bond acceptors (Lipinski definition) is 4. The predicted octanol–water partition coefficient (Wildman–Crippen LogP) is 3.31. The van der Waals surface area contributed by atoms with Gasteiger partial charge in [0.2, 0.25) is 0 Å². The SMILES string of the molecule is Cc1cc(C)n2nc(C3=CCN(C[C@@H](O)c4ccc(F)cc4)CC3)cc2n1. The highest BCUT2D eigenvalue weighted by atomic mass is 19.1. The van der Waals surface area contributed by atoms with Crippen molar-refractivity contribution in [3.8, 4) is 0 Å². The van der Waals surface area contributed by atoms with E-state index in [0.29, 0.717) is 6.54 Å². The van der Waals surface area contributed by atoms with E-state index in [4.69, 9.17) is 5.10 Å². The summed E-state index contributed by atoms with van der Waals surface area (Å²) in [7, 11) is 0. The molecule has 1 atom stereocenters. The summed E-state index contributed by atoms with van der Waals surface area (Å²) in [5.74, 6) is -0.288. The first-order valence-corrected chi connectivity index (χ1v) is 9.19. The monoisotopic (exact) mass is 366 g/mol. The summed E-state index contributed by atoms with van der Waals surface area (Å²) in [5, 5.41) is 15.1. The van der Waals surface area contributed by atoms with Gasteiger partial charge in [0.1, 0.15) is 5.82 Å². The maximum atomic E-state index is 13.0. The van der Waals surface area contributed by atoms with Crippen LogP contribution in [0.15, 0.2) is 42.5 Å². The minimum atomic E-state index is -0.620. The number of hydrogen-bond donors (Lipinski definition) is 1. The fraction of sp³-hybridized carbons (Fsp3) is 0.333. The first-order chi connectivity index (χ1) is 13.0. The normalized spacial score (nSPS) is 16.5. The third-order valence-corrected chi connectivity index (χ3v) is 5.04. The van der Waals surface area contributed by atoms with Crippen molar-refractivity contribution in [2.75, 3.05) is 19.6 Å². The molecule has 140 valence electrons. The zero-order chi connectivity index (χ0) is 19.0. The van der Waals surface area contributed by atoms with Crippen molar-refractivity contribution in [2.24, 2.45) is 0 Å². The minimum Gasteiger partial charge on any atom is -0.387 e. The van der Waals surface area contributed by atoms with E-state index >= 15 is 0 Å². The number of aliphatic hydroxyl groups excluding tert-OH is 1. The Labute approximate surface area is 157 Å². The van der Waals surface area contributed by atoms with Gasteiger partial charge in [-0.05, 0) is 49.6 Å². The van der Waals surface area contributed by atoms with Crippen LogP contribution in [0.25, 0.3) is 11.2 Å². The number of aryl methyl sites for hydroxylation is 2. The van der Waals surface area contributed by atoms with Crippen molar-refractivity contribution in [3.05, 3.63) is 70.9 Å². The van der Waals surface area contributed by atoms with Crippen LogP contribution in [-0.4, -0.2) is 44.2 Å². The van der Waals surface area contributed by atoms with Gasteiger partial charge in [-0.25, -0.2) is 13.9 Å². The van der Waals surface area contributed by atoms with E-state index in [0.717, 1.165) is 47.8 Å². The molecular weight excluding hydrogens is 343 g/mol. The van der Waals surface area contributed by atoms with Crippen LogP contribution in [0.5, 0.6) is 0 Å². The lowest BCUT2D eigenvalue weighted by molar-refractivity contribution is 0.119. The van der Waals surface area contributed by atoms with Crippen molar-refractivity contribution >= 4 is 11.2 Å². The van der Waals surface area contributed by atoms with E-state index in [1.54, 1.807) is 12.1 Å². The zero-order valence-electron chi connectivity index (χ0n) is 15.6. The summed E-state index contributed by atoms with van der Waals surface area (Å²) in [4.78, 5) is 6.74. The van der Waals surface area contributed by atoms with Crippen LogP contribution in [0, 0.1) is 19.7 Å². The van der Waals surface area contributed by atoms with E-state index < -0.39 is 6.10 Å². The molecule has 1 N–H and O–H groups in total. The fourth-order valence-electron chi connectivity index (χ4n) is 3.59. The largest absolute Gasteiger partial charge is 0.387 e. The summed E-state index contributed by atoms with van der Waals surface area (Å²) in [6.07, 6.45) is 2.42. The lowest BCUT2D eigenvalue weighted by atomic mass is 10.0. The molecule has 0 aliphatic carbocycles. The van der Waals surface area contributed by atoms with Crippen molar-refractivity contribution < 1.29 is 9.50 Å². The van der Waals surface area contributed by atoms with Crippen molar-refractivity contribution in [1.82, 2.24) is 19.5 Å². The number of aromatic nitrogens is 3. The summed E-state index contributed by atoms with van der Waals surface area (Å²) >= 11 is 0. The van der Waals surface area contributed by atoms with Gasteiger partial charge in [-0.1, -0.05) is 18.2 Å². The average Bonchev–Trinajstić information content (AvgIpc) is 3.07. The topological polar surface area (TPSA) is 53.7 Å². The second kappa shape index (κ2) is 7.21. The van der Waals surface area contributed by atoms with Crippen LogP contribution >= 0.6 is 0 Å². The molecule has 1 aromatic carbocycles. The number of halogens is 1. The summed E-state index contributed by atoms with van der Waals surface area (Å²) in [6, 6.07) is 10.1. The molecule has 0 saturated carbocycles. The average molecular weight is 366 g/mol. The van der Waals surface area contributed by atoms with Gasteiger partial charge in [0.05, 0.1) is 11.8 Å². The van der Waals surface area contributed by atoms with Crippen LogP contribution in [0.4, 0.5) is 4.39 Å². The van der Waals surface area contributed by atoms with Crippen LogP contribution < -0.4 is 0 Å². The molecule has 2 aromatic heterocycles. The molecule has 3 heterocycles. The Morgan fingerprint density at radius 2 is 1.96 bits per heavy atom.